The van der Waals surface area contributed by atoms with Crippen LogP contribution in [-0.2, 0) is 0 Å². The molecule has 0 amide bonds. The first-order valence-corrected chi connectivity index (χ1v) is 16.1. The molecule has 10 rings (SSSR count). The molecule has 2 aliphatic heterocycles. The SMILES string of the molecule is C1=Cc2oc3cc4ccccc4cc3c2C(c2ccccc2C2=NC(c3cccc4oc5ccccc5c34)N=C(c3ccccc3)N2)N1. The molecule has 2 aromatic heterocycles. The number of fused-ring (bicyclic) bond motifs is 7. The van der Waals surface area contributed by atoms with E-state index in [0.717, 1.165) is 83.5 Å². The summed E-state index contributed by atoms with van der Waals surface area (Å²) in [4.78, 5) is 10.6. The van der Waals surface area contributed by atoms with Crippen LogP contribution in [-0.4, -0.2) is 11.7 Å². The molecule has 0 spiro atoms. The van der Waals surface area contributed by atoms with Gasteiger partial charge in [0, 0.05) is 44.6 Å². The summed E-state index contributed by atoms with van der Waals surface area (Å²) in [5, 5.41) is 12.8. The molecule has 0 fully saturated rings. The Labute approximate surface area is 275 Å². The van der Waals surface area contributed by atoms with Gasteiger partial charge in [-0.1, -0.05) is 109 Å². The van der Waals surface area contributed by atoms with E-state index in [1.54, 1.807) is 0 Å². The van der Waals surface area contributed by atoms with Gasteiger partial charge in [0.15, 0.2) is 6.17 Å². The van der Waals surface area contributed by atoms with Crippen LogP contribution < -0.4 is 10.6 Å². The van der Waals surface area contributed by atoms with E-state index in [9.17, 15) is 0 Å². The Balaban J connectivity index is 1.16. The van der Waals surface area contributed by atoms with Crippen molar-refractivity contribution in [2.24, 2.45) is 9.98 Å². The summed E-state index contributed by atoms with van der Waals surface area (Å²) in [7, 11) is 0. The lowest BCUT2D eigenvalue weighted by Crippen LogP contribution is -2.37. The fourth-order valence-electron chi connectivity index (χ4n) is 7.24. The van der Waals surface area contributed by atoms with Crippen molar-refractivity contribution in [3.8, 4) is 0 Å². The zero-order chi connectivity index (χ0) is 31.6. The van der Waals surface area contributed by atoms with Crippen molar-refractivity contribution in [2.75, 3.05) is 0 Å². The van der Waals surface area contributed by atoms with E-state index in [2.05, 4.69) is 95.6 Å². The Morgan fingerprint density at radius 2 is 1.29 bits per heavy atom. The molecule has 2 N–H and O–H groups in total. The number of rotatable bonds is 4. The van der Waals surface area contributed by atoms with Crippen molar-refractivity contribution < 1.29 is 8.83 Å². The molecular formula is C42H28N4O2. The Hall–Kier alpha value is -6.40. The third kappa shape index (κ3) is 4.19. The predicted octanol–water partition coefficient (Wildman–Crippen LogP) is 9.64. The van der Waals surface area contributed by atoms with Crippen LogP contribution in [0.1, 0.15) is 45.8 Å². The Kier molecular flexibility index (Phi) is 5.90. The Morgan fingerprint density at radius 3 is 2.21 bits per heavy atom. The minimum Gasteiger partial charge on any atom is -0.456 e. The van der Waals surface area contributed by atoms with Crippen molar-refractivity contribution >= 4 is 61.4 Å². The molecule has 4 heterocycles. The largest absolute Gasteiger partial charge is 0.456 e. The number of hydrogen-bond donors (Lipinski definition) is 2. The summed E-state index contributed by atoms with van der Waals surface area (Å²) in [6.45, 7) is 0. The minimum absolute atomic E-state index is 0.160. The van der Waals surface area contributed by atoms with Gasteiger partial charge in [0.2, 0.25) is 0 Å². The number of nitrogens with one attached hydrogen (secondary N) is 2. The molecule has 6 nitrogen and oxygen atoms in total. The molecule has 0 radical (unpaired) electrons. The number of para-hydroxylation sites is 1. The van der Waals surface area contributed by atoms with E-state index in [4.69, 9.17) is 18.8 Å². The first-order chi connectivity index (χ1) is 23.8. The maximum Gasteiger partial charge on any atom is 0.170 e. The fraction of sp³-hybridized carbons (Fsp3) is 0.0476. The molecule has 0 saturated heterocycles. The molecule has 228 valence electrons. The van der Waals surface area contributed by atoms with Crippen LogP contribution in [0.4, 0.5) is 0 Å². The Morgan fingerprint density at radius 1 is 0.562 bits per heavy atom. The van der Waals surface area contributed by atoms with Gasteiger partial charge in [-0.2, -0.15) is 0 Å². The quantitative estimate of drug-likeness (QED) is 0.205. The van der Waals surface area contributed by atoms with E-state index in [0.29, 0.717) is 0 Å². The summed E-state index contributed by atoms with van der Waals surface area (Å²) in [5.74, 6) is 2.38. The zero-order valence-electron chi connectivity index (χ0n) is 25.7. The lowest BCUT2D eigenvalue weighted by atomic mass is 9.90. The van der Waals surface area contributed by atoms with Gasteiger partial charge < -0.3 is 19.5 Å². The van der Waals surface area contributed by atoms with Crippen LogP contribution in [0, 0.1) is 0 Å². The number of furan rings is 2. The third-order valence-electron chi connectivity index (χ3n) is 9.44. The van der Waals surface area contributed by atoms with Crippen LogP contribution in [0.2, 0.25) is 0 Å². The van der Waals surface area contributed by atoms with Gasteiger partial charge in [0.25, 0.3) is 0 Å². The number of aliphatic imine (C=N–C) groups is 2. The number of hydrogen-bond acceptors (Lipinski definition) is 6. The first kappa shape index (κ1) is 26.8. The number of benzene rings is 6. The van der Waals surface area contributed by atoms with Crippen LogP contribution in [0.5, 0.6) is 0 Å². The maximum absolute atomic E-state index is 6.45. The summed E-state index contributed by atoms with van der Waals surface area (Å²) in [6, 6.07) is 45.6. The average molecular weight is 621 g/mol. The highest BCUT2D eigenvalue weighted by Crippen LogP contribution is 2.41. The fourth-order valence-corrected chi connectivity index (χ4v) is 7.24. The highest BCUT2D eigenvalue weighted by molar-refractivity contribution is 6.17. The second-order valence-electron chi connectivity index (χ2n) is 12.2. The topological polar surface area (TPSA) is 75.1 Å². The van der Waals surface area contributed by atoms with E-state index in [-0.39, 0.29) is 6.04 Å². The smallest absolute Gasteiger partial charge is 0.170 e. The lowest BCUT2D eigenvalue weighted by Gasteiger charge is -2.27. The maximum atomic E-state index is 6.45. The van der Waals surface area contributed by atoms with Crippen molar-refractivity contribution in [3.05, 3.63) is 173 Å². The van der Waals surface area contributed by atoms with Crippen LogP contribution in [0.3, 0.4) is 0 Å². The normalized spacial score (nSPS) is 17.2. The predicted molar refractivity (Wildman–Crippen MR) is 193 cm³/mol. The van der Waals surface area contributed by atoms with Crippen LogP contribution >= 0.6 is 0 Å². The number of nitrogens with zero attached hydrogens (tertiary/aromatic N) is 2. The lowest BCUT2D eigenvalue weighted by molar-refractivity contribution is 0.581. The van der Waals surface area contributed by atoms with Crippen LogP contribution in [0.15, 0.2) is 158 Å². The monoisotopic (exact) mass is 620 g/mol. The van der Waals surface area contributed by atoms with Gasteiger partial charge in [0.05, 0.1) is 6.04 Å². The van der Waals surface area contributed by atoms with Crippen molar-refractivity contribution in [3.63, 3.8) is 0 Å². The molecule has 6 aromatic carbocycles. The Bertz CT molecular complexity index is 2640. The van der Waals surface area contributed by atoms with Gasteiger partial charge in [-0.3, -0.25) is 0 Å². The average Bonchev–Trinajstić information content (AvgIpc) is 3.72. The molecule has 2 atom stereocenters. The zero-order valence-corrected chi connectivity index (χ0v) is 25.7. The molecule has 8 aromatic rings. The number of amidine groups is 2. The summed E-state index contributed by atoms with van der Waals surface area (Å²) in [5.41, 5.74) is 7.73. The summed E-state index contributed by atoms with van der Waals surface area (Å²) in [6.07, 6.45) is 3.50. The van der Waals surface area contributed by atoms with Gasteiger partial charge in [-0.25, -0.2) is 9.98 Å². The second-order valence-corrected chi connectivity index (χ2v) is 12.2. The van der Waals surface area contributed by atoms with E-state index in [1.165, 1.54) is 5.39 Å². The molecule has 48 heavy (non-hydrogen) atoms. The van der Waals surface area contributed by atoms with E-state index >= 15 is 0 Å². The van der Waals surface area contributed by atoms with E-state index < -0.39 is 6.17 Å². The molecule has 0 saturated carbocycles. The summed E-state index contributed by atoms with van der Waals surface area (Å²) >= 11 is 0. The molecule has 0 aliphatic carbocycles. The van der Waals surface area contributed by atoms with Crippen molar-refractivity contribution in [2.45, 2.75) is 12.2 Å². The molecule has 0 bridgehead atoms. The van der Waals surface area contributed by atoms with E-state index in [1.807, 2.05) is 60.8 Å². The summed E-state index contributed by atoms with van der Waals surface area (Å²) < 4.78 is 12.7. The molecular weight excluding hydrogens is 592 g/mol. The van der Waals surface area contributed by atoms with Gasteiger partial charge >= 0.3 is 0 Å². The van der Waals surface area contributed by atoms with Gasteiger partial charge in [-0.05, 0) is 46.7 Å². The minimum atomic E-state index is -0.495. The highest BCUT2D eigenvalue weighted by Gasteiger charge is 2.30. The van der Waals surface area contributed by atoms with Gasteiger partial charge in [0.1, 0.15) is 34.2 Å². The van der Waals surface area contributed by atoms with Gasteiger partial charge in [-0.15, -0.1) is 0 Å². The molecule has 2 unspecified atom stereocenters. The highest BCUT2D eigenvalue weighted by atomic mass is 16.3. The third-order valence-corrected chi connectivity index (χ3v) is 9.44. The second kappa shape index (κ2) is 10.6. The molecule has 2 aliphatic rings. The van der Waals surface area contributed by atoms with Crippen molar-refractivity contribution in [1.82, 2.24) is 10.6 Å². The van der Waals surface area contributed by atoms with Crippen LogP contribution in [0.25, 0.3) is 49.8 Å². The molecule has 6 heteroatoms. The standard InChI is InChI=1S/C42H28N4O2/c1-2-11-25(12-3-1)40-44-41(46-42(45-40)31-18-10-20-34-37(31)30-17-8-9-19-33(30)47-34)29-16-7-6-15-28(29)39-38-32-23-26-13-4-5-14-27(26)24-36(32)48-35(38)21-22-43-39/h1-24,39,42-43H,(H,44,45,46). The van der Waals surface area contributed by atoms with Crippen molar-refractivity contribution in [1.29, 1.82) is 0 Å². The first-order valence-electron chi connectivity index (χ1n) is 16.1.